The van der Waals surface area contributed by atoms with Crippen molar-refractivity contribution >= 4 is 34.4 Å². The van der Waals surface area contributed by atoms with E-state index in [1.807, 2.05) is 49.4 Å². The molecule has 1 fully saturated rings. The van der Waals surface area contributed by atoms with E-state index >= 15 is 0 Å². The van der Waals surface area contributed by atoms with Crippen LogP contribution in [0.5, 0.6) is 0 Å². The van der Waals surface area contributed by atoms with Gasteiger partial charge in [-0.25, -0.2) is 9.69 Å². The first kappa shape index (κ1) is 24.9. The number of hydrogen-bond donors (Lipinski definition) is 2. The summed E-state index contributed by atoms with van der Waals surface area (Å²) < 4.78 is 5.06. The van der Waals surface area contributed by atoms with Crippen LogP contribution in [0.2, 0.25) is 0 Å². The van der Waals surface area contributed by atoms with Gasteiger partial charge in [0.1, 0.15) is 12.1 Å². The number of rotatable bonds is 7. The second-order valence-corrected chi connectivity index (χ2v) is 10.0. The second kappa shape index (κ2) is 10.0. The van der Waals surface area contributed by atoms with Gasteiger partial charge < -0.3 is 15.0 Å². The van der Waals surface area contributed by atoms with Crippen LogP contribution in [0.3, 0.4) is 0 Å². The predicted molar refractivity (Wildman–Crippen MR) is 149 cm³/mol. The average molecular weight is 523 g/mol. The van der Waals surface area contributed by atoms with Gasteiger partial charge >= 0.3 is 6.03 Å². The van der Waals surface area contributed by atoms with Crippen molar-refractivity contribution in [2.45, 2.75) is 31.8 Å². The van der Waals surface area contributed by atoms with Gasteiger partial charge in [0.05, 0.1) is 11.3 Å². The van der Waals surface area contributed by atoms with Crippen molar-refractivity contribution in [3.05, 3.63) is 101 Å². The zero-order valence-corrected chi connectivity index (χ0v) is 21.9. The van der Waals surface area contributed by atoms with Gasteiger partial charge in [-0.2, -0.15) is 0 Å². The molecule has 0 aliphatic carbocycles. The highest BCUT2D eigenvalue weighted by molar-refractivity contribution is 6.24. The first-order valence-electron chi connectivity index (χ1n) is 13.2. The smallest absolute Gasteiger partial charge is 0.332 e. The molecule has 3 aromatic carbocycles. The fourth-order valence-electron chi connectivity index (χ4n) is 5.89. The standard InChI is InChI=1S/C31H30N4O4/c1-19-10-3-4-11-20(19)28-27-23(21-12-5-7-14-24(21)33-27)18-26-30(37)35(31(38)34(26)28)25-15-8-6-13-22(25)29(36)32-16-9-17-39-2/h3-8,10-15,26,28,33H,9,16-18H2,1-2H3,(H,32,36)/t26-,28?/m0/s1. The number of fused-ring (bicyclic) bond motifs is 4. The highest BCUT2D eigenvalue weighted by atomic mass is 16.5. The summed E-state index contributed by atoms with van der Waals surface area (Å²) in [7, 11) is 1.61. The molecule has 198 valence electrons. The zero-order chi connectivity index (χ0) is 27.1. The Hall–Kier alpha value is -4.43. The Kier molecular flexibility index (Phi) is 6.40. The second-order valence-electron chi connectivity index (χ2n) is 10.0. The average Bonchev–Trinajstić information content (AvgIpc) is 3.44. The highest BCUT2D eigenvalue weighted by Gasteiger charge is 2.53. The van der Waals surface area contributed by atoms with Gasteiger partial charge in [0.25, 0.3) is 11.8 Å². The summed E-state index contributed by atoms with van der Waals surface area (Å²) >= 11 is 0. The quantitative estimate of drug-likeness (QED) is 0.271. The number of carbonyl (C=O) groups is 3. The number of nitrogens with zero attached hydrogens (tertiary/aromatic N) is 2. The third-order valence-electron chi connectivity index (χ3n) is 7.73. The van der Waals surface area contributed by atoms with Gasteiger partial charge in [0.15, 0.2) is 0 Å². The van der Waals surface area contributed by atoms with Crippen molar-refractivity contribution in [2.75, 3.05) is 25.2 Å². The molecule has 4 amide bonds. The van der Waals surface area contributed by atoms with Gasteiger partial charge in [-0.05, 0) is 48.2 Å². The van der Waals surface area contributed by atoms with Crippen LogP contribution in [-0.4, -0.2) is 54.0 Å². The molecule has 39 heavy (non-hydrogen) atoms. The Morgan fingerprint density at radius 3 is 2.59 bits per heavy atom. The summed E-state index contributed by atoms with van der Waals surface area (Å²) in [5.74, 6) is -0.659. The van der Waals surface area contributed by atoms with E-state index in [2.05, 4.69) is 16.4 Å². The Balaban J connectivity index is 1.43. The number of aromatic nitrogens is 1. The molecular weight excluding hydrogens is 492 g/mol. The van der Waals surface area contributed by atoms with Crippen LogP contribution >= 0.6 is 0 Å². The summed E-state index contributed by atoms with van der Waals surface area (Å²) in [4.78, 5) is 47.8. The van der Waals surface area contributed by atoms with Gasteiger partial charge in [-0.1, -0.05) is 54.6 Å². The molecule has 2 atom stereocenters. The monoisotopic (exact) mass is 522 g/mol. The first-order valence-corrected chi connectivity index (χ1v) is 13.2. The van der Waals surface area contributed by atoms with Crippen molar-refractivity contribution in [3.8, 4) is 0 Å². The van der Waals surface area contributed by atoms with Crippen LogP contribution in [0.15, 0.2) is 72.8 Å². The van der Waals surface area contributed by atoms with Gasteiger partial charge in [0, 0.05) is 43.3 Å². The number of nitrogens with one attached hydrogen (secondary N) is 2. The van der Waals surface area contributed by atoms with Crippen molar-refractivity contribution in [2.24, 2.45) is 0 Å². The van der Waals surface area contributed by atoms with Crippen molar-refractivity contribution < 1.29 is 19.1 Å². The third kappa shape index (κ3) is 4.08. The molecule has 1 saturated heterocycles. The van der Waals surface area contributed by atoms with Crippen molar-refractivity contribution in [3.63, 3.8) is 0 Å². The van der Waals surface area contributed by atoms with Gasteiger partial charge in [-0.3, -0.25) is 14.5 Å². The lowest BCUT2D eigenvalue weighted by molar-refractivity contribution is -0.120. The minimum atomic E-state index is -0.688. The van der Waals surface area contributed by atoms with E-state index in [9.17, 15) is 14.4 Å². The normalized spacial score (nSPS) is 18.4. The summed E-state index contributed by atoms with van der Waals surface area (Å²) in [6.07, 6.45) is 1.06. The number of urea groups is 1. The molecule has 0 bridgehead atoms. The number of anilines is 1. The molecule has 1 unspecified atom stereocenters. The number of amides is 4. The fourth-order valence-corrected chi connectivity index (χ4v) is 5.89. The molecule has 8 nitrogen and oxygen atoms in total. The molecule has 2 N–H and O–H groups in total. The molecule has 6 rings (SSSR count). The summed E-state index contributed by atoms with van der Waals surface area (Å²) in [6, 6.07) is 21.2. The number of hydrogen-bond acceptors (Lipinski definition) is 4. The van der Waals surface area contributed by atoms with E-state index in [4.69, 9.17) is 4.74 Å². The topological polar surface area (TPSA) is 94.7 Å². The highest BCUT2D eigenvalue weighted by Crippen LogP contribution is 2.45. The van der Waals surface area contributed by atoms with Gasteiger partial charge in [0.2, 0.25) is 0 Å². The molecule has 2 aliphatic rings. The predicted octanol–water partition coefficient (Wildman–Crippen LogP) is 4.73. The minimum Gasteiger partial charge on any atom is -0.385 e. The Bertz CT molecular complexity index is 1590. The molecule has 8 heteroatoms. The minimum absolute atomic E-state index is 0.285. The van der Waals surface area contributed by atoms with Crippen LogP contribution in [0, 0.1) is 6.92 Å². The number of ether oxygens (including phenoxy) is 1. The Morgan fingerprint density at radius 2 is 1.77 bits per heavy atom. The summed E-state index contributed by atoms with van der Waals surface area (Å²) in [5, 5.41) is 3.93. The number of carbonyl (C=O) groups excluding carboxylic acids is 3. The zero-order valence-electron chi connectivity index (χ0n) is 21.9. The summed E-state index contributed by atoms with van der Waals surface area (Å²) in [6.45, 7) is 2.97. The number of H-pyrrole nitrogens is 1. The van der Waals surface area contributed by atoms with Crippen LogP contribution in [0.1, 0.15) is 45.2 Å². The van der Waals surface area contributed by atoms with Crippen LogP contribution in [0.25, 0.3) is 10.9 Å². The van der Waals surface area contributed by atoms with E-state index in [0.717, 1.165) is 33.3 Å². The van der Waals surface area contributed by atoms with E-state index < -0.39 is 18.1 Å². The number of methoxy groups -OCH3 is 1. The largest absolute Gasteiger partial charge is 0.385 e. The van der Waals surface area contributed by atoms with E-state index in [0.29, 0.717) is 31.7 Å². The van der Waals surface area contributed by atoms with E-state index in [1.54, 1.807) is 36.3 Å². The number of para-hydroxylation sites is 2. The van der Waals surface area contributed by atoms with Gasteiger partial charge in [-0.15, -0.1) is 0 Å². The molecule has 0 saturated carbocycles. The lowest BCUT2D eigenvalue weighted by Gasteiger charge is -2.36. The Morgan fingerprint density at radius 1 is 1.03 bits per heavy atom. The molecular formula is C31H30N4O4. The molecule has 2 aliphatic heterocycles. The van der Waals surface area contributed by atoms with Crippen LogP contribution in [-0.2, 0) is 16.0 Å². The SMILES string of the molecule is COCCCNC(=O)c1ccccc1N1C(=O)[C@@H]2Cc3c([nH]c4ccccc34)C(c3ccccc3C)N2C1=O. The number of aryl methyl sites for hydroxylation is 1. The summed E-state index contributed by atoms with van der Waals surface area (Å²) in [5.41, 5.74) is 5.52. The third-order valence-corrected chi connectivity index (χ3v) is 7.73. The van der Waals surface area contributed by atoms with Crippen molar-refractivity contribution in [1.82, 2.24) is 15.2 Å². The number of benzene rings is 3. The van der Waals surface area contributed by atoms with Crippen LogP contribution in [0.4, 0.5) is 10.5 Å². The molecule has 4 aromatic rings. The van der Waals surface area contributed by atoms with E-state index in [1.165, 1.54) is 4.90 Å². The molecule has 3 heterocycles. The molecule has 1 aromatic heterocycles. The maximum atomic E-state index is 14.2. The molecule has 0 radical (unpaired) electrons. The lowest BCUT2D eigenvalue weighted by Crippen LogP contribution is -2.44. The maximum Gasteiger partial charge on any atom is 0.332 e. The molecule has 0 spiro atoms. The Labute approximate surface area is 226 Å². The lowest BCUT2D eigenvalue weighted by atomic mass is 9.87. The van der Waals surface area contributed by atoms with Crippen molar-refractivity contribution in [1.29, 1.82) is 0 Å². The number of imide groups is 1. The number of aromatic amines is 1. The van der Waals surface area contributed by atoms with Crippen LogP contribution < -0.4 is 10.2 Å². The fraction of sp³-hybridized carbons (Fsp3) is 0.258. The first-order chi connectivity index (χ1) is 19.0. The van der Waals surface area contributed by atoms with E-state index in [-0.39, 0.29) is 17.4 Å². The maximum absolute atomic E-state index is 14.2.